The number of hydrogen-bond acceptors (Lipinski definition) is 5. The van der Waals surface area contributed by atoms with E-state index in [1.165, 1.54) is 25.4 Å². The molecule has 3 aromatic rings. The van der Waals surface area contributed by atoms with Crippen molar-refractivity contribution < 1.29 is 23.1 Å². The van der Waals surface area contributed by atoms with Gasteiger partial charge < -0.3 is 20.3 Å². The number of carbonyl (C=O) groups excluding carboxylic acids is 2. The zero-order valence-corrected chi connectivity index (χ0v) is 17.1. The predicted molar refractivity (Wildman–Crippen MR) is 115 cm³/mol. The van der Waals surface area contributed by atoms with Gasteiger partial charge in [0.2, 0.25) is 5.91 Å². The van der Waals surface area contributed by atoms with Crippen LogP contribution in [-0.2, 0) is 4.79 Å². The van der Waals surface area contributed by atoms with E-state index >= 15 is 0 Å². The number of rotatable bonds is 6. The van der Waals surface area contributed by atoms with Crippen LogP contribution in [0.15, 0.2) is 60.8 Å². The van der Waals surface area contributed by atoms with E-state index in [0.717, 1.165) is 17.0 Å². The average molecular weight is 438 g/mol. The minimum absolute atomic E-state index is 0.198. The molecule has 4 rings (SSSR count). The molecule has 9 heteroatoms. The molecule has 7 nitrogen and oxygen atoms in total. The summed E-state index contributed by atoms with van der Waals surface area (Å²) in [6.07, 6.45) is 1.85. The average Bonchev–Trinajstić information content (AvgIpc) is 3.13. The number of nitrogens with one attached hydrogen (secondary N) is 2. The van der Waals surface area contributed by atoms with Crippen LogP contribution >= 0.6 is 0 Å². The molecule has 1 unspecified atom stereocenters. The van der Waals surface area contributed by atoms with E-state index in [0.29, 0.717) is 23.6 Å². The first-order valence-corrected chi connectivity index (χ1v) is 9.94. The van der Waals surface area contributed by atoms with Gasteiger partial charge in [0.1, 0.15) is 40.6 Å². The number of ether oxygens (including phenoxy) is 1. The molecule has 1 aliphatic rings. The predicted octanol–water partition coefficient (Wildman–Crippen LogP) is 3.73. The molecular formula is C23H20F2N4O3. The van der Waals surface area contributed by atoms with E-state index in [-0.39, 0.29) is 23.8 Å². The Bertz CT molecular complexity index is 1150. The molecule has 164 valence electrons. The normalized spacial score (nSPS) is 15.5. The van der Waals surface area contributed by atoms with Crippen LogP contribution in [0.2, 0.25) is 0 Å². The smallest absolute Gasteiger partial charge is 0.269 e. The van der Waals surface area contributed by atoms with E-state index in [1.807, 2.05) is 0 Å². The first-order valence-electron chi connectivity index (χ1n) is 9.94. The molecule has 2 N–H and O–H groups in total. The first-order chi connectivity index (χ1) is 15.5. The lowest BCUT2D eigenvalue weighted by Gasteiger charge is -2.19. The number of halogens is 2. The summed E-state index contributed by atoms with van der Waals surface area (Å²) in [5.74, 6) is -1.39. The monoisotopic (exact) mass is 438 g/mol. The molecule has 1 aliphatic heterocycles. The number of pyridine rings is 1. The second-order valence-corrected chi connectivity index (χ2v) is 7.13. The van der Waals surface area contributed by atoms with E-state index in [2.05, 4.69) is 15.6 Å². The lowest BCUT2D eigenvalue weighted by atomic mass is 10.2. The van der Waals surface area contributed by atoms with Crippen LogP contribution in [0.5, 0.6) is 11.5 Å². The second-order valence-electron chi connectivity index (χ2n) is 7.13. The minimum atomic E-state index is -0.775. The number of para-hydroxylation sites is 1. The van der Waals surface area contributed by atoms with Gasteiger partial charge in [-0.2, -0.15) is 0 Å². The molecule has 32 heavy (non-hydrogen) atoms. The van der Waals surface area contributed by atoms with Gasteiger partial charge in [-0.05, 0) is 36.8 Å². The summed E-state index contributed by atoms with van der Waals surface area (Å²) in [5.41, 5.74) is 0.497. The van der Waals surface area contributed by atoms with Gasteiger partial charge in [-0.15, -0.1) is 0 Å². The Kier molecular flexibility index (Phi) is 5.98. The minimum Gasteiger partial charge on any atom is -0.457 e. The highest BCUT2D eigenvalue weighted by atomic mass is 19.1. The fourth-order valence-electron chi connectivity index (χ4n) is 3.50. The zero-order chi connectivity index (χ0) is 22.7. The Morgan fingerprint density at radius 1 is 1.09 bits per heavy atom. The molecule has 1 aromatic heterocycles. The van der Waals surface area contributed by atoms with Crippen molar-refractivity contribution in [2.24, 2.45) is 0 Å². The molecule has 1 saturated heterocycles. The maximum Gasteiger partial charge on any atom is 0.269 e. The maximum absolute atomic E-state index is 14.1. The Hall–Kier alpha value is -4.01. The van der Waals surface area contributed by atoms with Gasteiger partial charge in [-0.25, -0.2) is 8.78 Å². The van der Waals surface area contributed by atoms with Crippen molar-refractivity contribution in [3.8, 4) is 11.5 Å². The third-order valence-corrected chi connectivity index (χ3v) is 5.01. The SMILES string of the molecule is CNC(=O)c1cc(Oc2cccc(NC3CCN(c4c(F)cccc4F)C3=O)c2)ccn1. The standard InChI is InChI=1S/C23H20F2N4O3/c1-26-22(30)20-13-16(8-10-27-20)32-15-5-2-4-14(12-15)28-19-9-11-29(23(19)31)21-17(24)6-3-7-18(21)25/h2-8,10,12-13,19,28H,9,11H2,1H3,(H,26,30). The van der Waals surface area contributed by atoms with Crippen molar-refractivity contribution in [3.63, 3.8) is 0 Å². The van der Waals surface area contributed by atoms with Crippen LogP contribution in [-0.4, -0.2) is 36.4 Å². The second kappa shape index (κ2) is 9.01. The number of hydrogen-bond donors (Lipinski definition) is 2. The fraction of sp³-hybridized carbons (Fsp3) is 0.174. The first kappa shape index (κ1) is 21.2. The number of amides is 2. The Balaban J connectivity index is 1.47. The van der Waals surface area contributed by atoms with E-state index < -0.39 is 23.6 Å². The van der Waals surface area contributed by atoms with Crippen molar-refractivity contribution >= 4 is 23.2 Å². The van der Waals surface area contributed by atoms with Crippen LogP contribution in [0, 0.1) is 11.6 Å². The lowest BCUT2D eigenvalue weighted by Crippen LogP contribution is -2.34. The molecule has 0 bridgehead atoms. The number of carbonyl (C=O) groups is 2. The Labute approximate surface area is 183 Å². The topological polar surface area (TPSA) is 83.6 Å². The molecule has 2 amide bonds. The molecule has 0 radical (unpaired) electrons. The van der Waals surface area contributed by atoms with Crippen molar-refractivity contribution in [3.05, 3.63) is 78.1 Å². The van der Waals surface area contributed by atoms with E-state index in [9.17, 15) is 18.4 Å². The van der Waals surface area contributed by atoms with E-state index in [4.69, 9.17) is 4.74 Å². The Morgan fingerprint density at radius 3 is 2.56 bits per heavy atom. The summed E-state index contributed by atoms with van der Waals surface area (Å²) in [4.78, 5) is 29.6. The van der Waals surface area contributed by atoms with Crippen molar-refractivity contribution in [1.29, 1.82) is 0 Å². The number of anilines is 2. The molecule has 0 aliphatic carbocycles. The fourth-order valence-corrected chi connectivity index (χ4v) is 3.50. The summed E-state index contributed by atoms with van der Waals surface area (Å²) in [5, 5.41) is 5.60. The zero-order valence-electron chi connectivity index (χ0n) is 17.1. The summed E-state index contributed by atoms with van der Waals surface area (Å²) in [7, 11) is 1.51. The summed E-state index contributed by atoms with van der Waals surface area (Å²) in [6, 6.07) is 12.9. The highest BCUT2D eigenvalue weighted by Crippen LogP contribution is 2.30. The largest absolute Gasteiger partial charge is 0.457 e. The molecule has 1 fully saturated rings. The number of aromatic nitrogens is 1. The number of nitrogens with zero attached hydrogens (tertiary/aromatic N) is 2. The summed E-state index contributed by atoms with van der Waals surface area (Å²) >= 11 is 0. The van der Waals surface area contributed by atoms with Crippen LogP contribution in [0.3, 0.4) is 0 Å². The summed E-state index contributed by atoms with van der Waals surface area (Å²) in [6.45, 7) is 0.198. The molecule has 2 aromatic carbocycles. The van der Waals surface area contributed by atoms with Crippen LogP contribution in [0.1, 0.15) is 16.9 Å². The van der Waals surface area contributed by atoms with Gasteiger partial charge in [0.15, 0.2) is 0 Å². The third-order valence-electron chi connectivity index (χ3n) is 5.01. The molecule has 2 heterocycles. The van der Waals surface area contributed by atoms with Gasteiger partial charge in [-0.1, -0.05) is 12.1 Å². The number of benzene rings is 2. The molecular weight excluding hydrogens is 418 g/mol. The van der Waals surface area contributed by atoms with Crippen LogP contribution < -0.4 is 20.3 Å². The van der Waals surface area contributed by atoms with Gasteiger partial charge in [0.05, 0.1) is 0 Å². The molecule has 0 spiro atoms. The highest BCUT2D eigenvalue weighted by molar-refractivity contribution is 6.01. The van der Waals surface area contributed by atoms with Gasteiger partial charge >= 0.3 is 0 Å². The van der Waals surface area contributed by atoms with Gasteiger partial charge in [0, 0.05) is 37.6 Å². The van der Waals surface area contributed by atoms with Crippen molar-refractivity contribution in [2.75, 3.05) is 23.8 Å². The summed E-state index contributed by atoms with van der Waals surface area (Å²) < 4.78 is 34.0. The van der Waals surface area contributed by atoms with Crippen molar-refractivity contribution in [2.45, 2.75) is 12.5 Å². The van der Waals surface area contributed by atoms with Gasteiger partial charge in [-0.3, -0.25) is 14.6 Å². The Morgan fingerprint density at radius 2 is 1.81 bits per heavy atom. The van der Waals surface area contributed by atoms with Crippen LogP contribution in [0.25, 0.3) is 0 Å². The lowest BCUT2D eigenvalue weighted by molar-refractivity contribution is -0.117. The van der Waals surface area contributed by atoms with Crippen LogP contribution in [0.4, 0.5) is 20.2 Å². The van der Waals surface area contributed by atoms with Crippen molar-refractivity contribution in [1.82, 2.24) is 10.3 Å². The third kappa shape index (κ3) is 4.36. The van der Waals surface area contributed by atoms with E-state index in [1.54, 1.807) is 30.3 Å². The quantitative estimate of drug-likeness (QED) is 0.613. The molecule has 0 saturated carbocycles. The highest BCUT2D eigenvalue weighted by Gasteiger charge is 2.35. The maximum atomic E-state index is 14.1. The molecule has 1 atom stereocenters. The van der Waals surface area contributed by atoms with Gasteiger partial charge in [0.25, 0.3) is 5.91 Å².